The van der Waals surface area contributed by atoms with Crippen molar-refractivity contribution in [2.24, 2.45) is 0 Å². The SMILES string of the molecule is O=C(CC[C@H](NC(=O)Oc1ccccc1)C(=O)O)N[C@@H](CSCCOP(=O)(N(CCCl)CCCl)N(CCCl)CCCl)C(=O)N[C@@H](C(=O)O)c1ccccc1. The molecular formula is C33H44Cl4N5O10PS. The zero-order valence-electron chi connectivity index (χ0n) is 29.1. The molecule has 0 spiro atoms. The maximum absolute atomic E-state index is 14.3. The highest BCUT2D eigenvalue weighted by molar-refractivity contribution is 7.99. The number of halogens is 4. The fourth-order valence-electron chi connectivity index (χ4n) is 4.80. The number of carbonyl (C=O) groups excluding carboxylic acids is 3. The average molecular weight is 876 g/mol. The third-order valence-electron chi connectivity index (χ3n) is 7.38. The molecule has 0 bridgehead atoms. The quantitative estimate of drug-likeness (QED) is 0.0464. The van der Waals surface area contributed by atoms with Crippen LogP contribution in [-0.4, -0.2) is 129 Å². The van der Waals surface area contributed by atoms with Crippen LogP contribution in [0, 0.1) is 0 Å². The van der Waals surface area contributed by atoms with Gasteiger partial charge in [-0.25, -0.2) is 23.7 Å². The van der Waals surface area contributed by atoms with Crippen LogP contribution in [0.2, 0.25) is 0 Å². The smallest absolute Gasteiger partial charge is 0.413 e. The number of para-hydroxylation sites is 1. The number of aliphatic carboxylic acids is 2. The van der Waals surface area contributed by atoms with Gasteiger partial charge < -0.3 is 35.4 Å². The van der Waals surface area contributed by atoms with E-state index in [0.29, 0.717) is 0 Å². The van der Waals surface area contributed by atoms with Crippen LogP contribution in [0.5, 0.6) is 5.75 Å². The van der Waals surface area contributed by atoms with Gasteiger partial charge in [0.15, 0.2) is 6.04 Å². The van der Waals surface area contributed by atoms with Gasteiger partial charge in [0.25, 0.3) is 0 Å². The highest BCUT2D eigenvalue weighted by atomic mass is 35.5. The number of alkyl halides is 4. The van der Waals surface area contributed by atoms with Crippen LogP contribution < -0.4 is 20.7 Å². The fraction of sp³-hybridized carbons (Fsp3) is 0.485. The summed E-state index contributed by atoms with van der Waals surface area (Å²) >= 11 is 25.1. The van der Waals surface area contributed by atoms with Crippen LogP contribution in [0.25, 0.3) is 0 Å². The van der Waals surface area contributed by atoms with E-state index >= 15 is 0 Å². The monoisotopic (exact) mass is 873 g/mol. The zero-order valence-corrected chi connectivity index (χ0v) is 33.9. The van der Waals surface area contributed by atoms with E-state index in [4.69, 9.17) is 55.7 Å². The summed E-state index contributed by atoms with van der Waals surface area (Å²) in [7, 11) is -3.72. The van der Waals surface area contributed by atoms with Gasteiger partial charge in [-0.2, -0.15) is 11.8 Å². The molecule has 0 aliphatic rings. The number of rotatable bonds is 27. The Hall–Kier alpha value is -2.79. The maximum atomic E-state index is 14.3. The van der Waals surface area contributed by atoms with Gasteiger partial charge in [0.2, 0.25) is 11.8 Å². The lowest BCUT2D eigenvalue weighted by molar-refractivity contribution is -0.142. The molecule has 0 aliphatic carbocycles. The molecule has 2 aromatic rings. The molecule has 300 valence electrons. The van der Waals surface area contributed by atoms with Crippen molar-refractivity contribution in [2.45, 2.75) is 31.0 Å². The summed E-state index contributed by atoms with van der Waals surface area (Å²) in [6.07, 6.45) is -1.84. The number of ether oxygens (including phenoxy) is 1. The van der Waals surface area contributed by atoms with E-state index < -0.39 is 62.1 Å². The largest absolute Gasteiger partial charge is 0.480 e. The molecule has 0 radical (unpaired) electrons. The van der Waals surface area contributed by atoms with Crippen molar-refractivity contribution in [3.8, 4) is 5.75 Å². The van der Waals surface area contributed by atoms with Crippen LogP contribution >= 0.6 is 65.8 Å². The lowest BCUT2D eigenvalue weighted by atomic mass is 10.1. The summed E-state index contributed by atoms with van der Waals surface area (Å²) in [5.41, 5.74) is 0.287. The first-order valence-electron chi connectivity index (χ1n) is 16.6. The van der Waals surface area contributed by atoms with Crippen molar-refractivity contribution >= 4 is 95.7 Å². The molecule has 3 amide bonds. The maximum Gasteiger partial charge on any atom is 0.413 e. The highest BCUT2D eigenvalue weighted by Crippen LogP contribution is 2.54. The zero-order chi connectivity index (χ0) is 39.9. The highest BCUT2D eigenvalue weighted by Gasteiger charge is 2.38. The standard InChI is InChI=1S/C33H44Cl4N5O10PS/c34-13-17-41(18-14-35)53(50,42(19-15-36)20-16-37)51-21-22-54-23-27(30(44)40-29(32(47)48)24-7-3-1-4-8-24)38-28(43)12-11-26(31(45)46)39-33(49)52-25-9-5-2-6-10-25/h1-10,26-27,29H,11-23H2,(H,38,43)(H,39,49)(H,40,44)(H,45,46)(H,47,48)/t26-,27-,29+/m0/s1. The van der Waals surface area contributed by atoms with Gasteiger partial charge in [-0.1, -0.05) is 48.5 Å². The predicted molar refractivity (Wildman–Crippen MR) is 210 cm³/mol. The molecule has 2 aromatic carbocycles. The third kappa shape index (κ3) is 16.5. The van der Waals surface area contributed by atoms with Gasteiger partial charge >= 0.3 is 25.7 Å². The summed E-state index contributed by atoms with van der Waals surface area (Å²) in [5.74, 6) is -3.50. The van der Waals surface area contributed by atoms with Crippen molar-refractivity contribution in [1.29, 1.82) is 0 Å². The molecule has 5 N–H and O–H groups in total. The molecule has 3 atom stereocenters. The first-order chi connectivity index (χ1) is 25.9. The van der Waals surface area contributed by atoms with E-state index in [-0.39, 0.29) is 85.5 Å². The molecule has 54 heavy (non-hydrogen) atoms. The van der Waals surface area contributed by atoms with Gasteiger partial charge in [-0.05, 0) is 24.1 Å². The molecule has 15 nitrogen and oxygen atoms in total. The molecule has 0 aromatic heterocycles. The van der Waals surface area contributed by atoms with Crippen LogP contribution in [0.3, 0.4) is 0 Å². The predicted octanol–water partition coefficient (Wildman–Crippen LogP) is 4.85. The second kappa shape index (κ2) is 26.1. The summed E-state index contributed by atoms with van der Waals surface area (Å²) in [5, 5.41) is 26.7. The van der Waals surface area contributed by atoms with E-state index in [1.165, 1.54) is 24.3 Å². The van der Waals surface area contributed by atoms with E-state index in [2.05, 4.69) is 16.0 Å². The van der Waals surface area contributed by atoms with Gasteiger partial charge in [0.1, 0.15) is 17.8 Å². The minimum absolute atomic E-state index is 0.0841. The Labute approximate surface area is 338 Å². The van der Waals surface area contributed by atoms with E-state index in [1.54, 1.807) is 45.7 Å². The molecule has 0 saturated heterocycles. The van der Waals surface area contributed by atoms with E-state index in [9.17, 15) is 38.8 Å². The molecule has 0 aliphatic heterocycles. The van der Waals surface area contributed by atoms with Gasteiger partial charge in [-0.15, -0.1) is 46.4 Å². The molecule has 0 fully saturated rings. The Balaban J connectivity index is 2.17. The molecular weight excluding hydrogens is 831 g/mol. The number of carboxylic acid groups (broad SMARTS) is 2. The fourth-order valence-corrected chi connectivity index (χ4v) is 9.48. The van der Waals surface area contributed by atoms with Crippen LogP contribution in [-0.2, 0) is 28.3 Å². The van der Waals surface area contributed by atoms with Crippen molar-refractivity contribution in [2.75, 3.05) is 67.8 Å². The Kier molecular flexibility index (Phi) is 22.9. The van der Waals surface area contributed by atoms with Crippen LogP contribution in [0.15, 0.2) is 60.7 Å². The lowest BCUT2D eigenvalue weighted by Gasteiger charge is -2.37. The molecule has 21 heteroatoms. The lowest BCUT2D eigenvalue weighted by Crippen LogP contribution is -2.50. The normalized spacial score (nSPS) is 13.1. The van der Waals surface area contributed by atoms with Crippen molar-refractivity contribution in [3.63, 3.8) is 0 Å². The van der Waals surface area contributed by atoms with Crippen molar-refractivity contribution in [1.82, 2.24) is 25.3 Å². The molecule has 0 unspecified atom stereocenters. The Bertz CT molecular complexity index is 1490. The number of benzene rings is 2. The number of nitrogens with one attached hydrogen (secondary N) is 3. The van der Waals surface area contributed by atoms with Gasteiger partial charge in [0, 0.05) is 67.6 Å². The summed E-state index contributed by atoms with van der Waals surface area (Å²) in [6.45, 7) is 0.720. The van der Waals surface area contributed by atoms with Crippen LogP contribution in [0.4, 0.5) is 4.79 Å². The Morgan fingerprint density at radius 1 is 0.741 bits per heavy atom. The van der Waals surface area contributed by atoms with Gasteiger partial charge in [-0.3, -0.25) is 14.2 Å². The first-order valence-corrected chi connectivity index (χ1v) is 21.4. The average Bonchev–Trinajstić information content (AvgIpc) is 3.15. The summed E-state index contributed by atoms with van der Waals surface area (Å²) in [6, 6.07) is 11.6. The van der Waals surface area contributed by atoms with Crippen molar-refractivity contribution < 1.29 is 48.0 Å². The molecule has 0 saturated carbocycles. The number of carboxylic acids is 2. The number of hydrogen-bond donors (Lipinski definition) is 5. The number of amides is 3. The molecule has 2 rings (SSSR count). The Morgan fingerprint density at radius 2 is 1.28 bits per heavy atom. The number of carbonyl (C=O) groups is 5. The number of hydrogen-bond acceptors (Lipinski definition) is 9. The minimum atomic E-state index is -3.72. The minimum Gasteiger partial charge on any atom is -0.480 e. The molecule has 0 heterocycles. The summed E-state index contributed by atoms with van der Waals surface area (Å²) in [4.78, 5) is 62.9. The third-order valence-corrected chi connectivity index (χ3v) is 11.8. The van der Waals surface area contributed by atoms with E-state index in [0.717, 1.165) is 11.8 Å². The Morgan fingerprint density at radius 3 is 1.78 bits per heavy atom. The number of thioether (sulfide) groups is 1. The topological polar surface area (TPSA) is 204 Å². The van der Waals surface area contributed by atoms with Crippen LogP contribution in [0.1, 0.15) is 24.4 Å². The second-order valence-electron chi connectivity index (χ2n) is 11.1. The van der Waals surface area contributed by atoms with E-state index in [1.807, 2.05) is 0 Å². The second-order valence-corrected chi connectivity index (χ2v) is 16.2. The van der Waals surface area contributed by atoms with Crippen molar-refractivity contribution in [3.05, 3.63) is 66.2 Å². The van der Waals surface area contributed by atoms with Gasteiger partial charge in [0.05, 0.1) is 6.61 Å². The first kappa shape index (κ1) is 47.4. The summed E-state index contributed by atoms with van der Waals surface area (Å²) < 4.78 is 28.5. The number of nitrogens with zero attached hydrogens (tertiary/aromatic N) is 2.